The van der Waals surface area contributed by atoms with Crippen molar-refractivity contribution in [2.24, 2.45) is 11.1 Å². The van der Waals surface area contributed by atoms with Crippen LogP contribution >= 0.6 is 0 Å². The van der Waals surface area contributed by atoms with E-state index < -0.39 is 23.4 Å². The van der Waals surface area contributed by atoms with Gasteiger partial charge in [-0.05, 0) is 26.2 Å². The summed E-state index contributed by atoms with van der Waals surface area (Å²) in [4.78, 5) is 11.4. The first kappa shape index (κ1) is 16.3. The number of nitrogens with one attached hydrogen (secondary N) is 1. The summed E-state index contributed by atoms with van der Waals surface area (Å²) in [5.74, 6) is -1.23. The van der Waals surface area contributed by atoms with Crippen molar-refractivity contribution >= 4 is 12.2 Å². The summed E-state index contributed by atoms with van der Waals surface area (Å²) in [5, 5.41) is 7.05. The molecule has 0 aromatic rings. The molecule has 0 aromatic heterocycles. The van der Waals surface area contributed by atoms with Gasteiger partial charge in [-0.25, -0.2) is 4.79 Å². The highest BCUT2D eigenvalue weighted by molar-refractivity contribution is 6.08. The molecule has 0 amide bonds. The smallest absolute Gasteiger partial charge is 0.394 e. The molecule has 0 saturated heterocycles. The number of carbonyl (C=O) groups excluding carboxylic acids is 1. The van der Waals surface area contributed by atoms with E-state index in [0.29, 0.717) is 6.21 Å². The van der Waals surface area contributed by atoms with E-state index in [1.54, 1.807) is 6.92 Å². The third-order valence-corrected chi connectivity index (χ3v) is 3.20. The van der Waals surface area contributed by atoms with Crippen LogP contribution in [0.15, 0.2) is 11.5 Å². The van der Waals surface area contributed by atoms with E-state index in [1.807, 2.05) is 0 Å². The Hall–Kier alpha value is -1.73. The Labute approximate surface area is 114 Å². The van der Waals surface area contributed by atoms with Crippen LogP contribution in [0.5, 0.6) is 0 Å². The van der Waals surface area contributed by atoms with Gasteiger partial charge in [-0.3, -0.25) is 0 Å². The van der Waals surface area contributed by atoms with E-state index in [2.05, 4.69) is 4.74 Å². The van der Waals surface area contributed by atoms with E-state index >= 15 is 0 Å². The van der Waals surface area contributed by atoms with Crippen LogP contribution in [-0.2, 0) is 14.3 Å². The number of ether oxygens (including phenoxy) is 2. The Morgan fingerprint density at radius 3 is 2.40 bits per heavy atom. The quantitative estimate of drug-likeness (QED) is 0.326. The van der Waals surface area contributed by atoms with Gasteiger partial charge in [0.2, 0.25) is 5.88 Å². The van der Waals surface area contributed by atoms with Gasteiger partial charge in [0.1, 0.15) is 5.57 Å². The van der Waals surface area contributed by atoms with Crippen molar-refractivity contribution in [3.63, 3.8) is 0 Å². The number of nitrogens with two attached hydrogens (primary N) is 1. The molecular weight excluding hydrogens is 277 g/mol. The van der Waals surface area contributed by atoms with Gasteiger partial charge < -0.3 is 20.6 Å². The molecule has 1 fully saturated rings. The van der Waals surface area contributed by atoms with Crippen molar-refractivity contribution in [2.75, 3.05) is 13.2 Å². The molecule has 0 atom stereocenters. The standard InChI is InChI=1S/C12H17F3N2O3/c1-2-19-10(18)8(7-16)9(17)20-6-5-11(3-4-11)12(13,14)15/h7,16H,2-6,17H2,1H3. The molecule has 0 aromatic carbocycles. The van der Waals surface area contributed by atoms with Crippen molar-refractivity contribution in [3.05, 3.63) is 11.5 Å². The second-order valence-corrected chi connectivity index (χ2v) is 4.52. The summed E-state index contributed by atoms with van der Waals surface area (Å²) < 4.78 is 47.6. The first-order valence-electron chi connectivity index (χ1n) is 6.14. The highest BCUT2D eigenvalue weighted by Crippen LogP contribution is 2.59. The fourth-order valence-corrected chi connectivity index (χ4v) is 1.70. The monoisotopic (exact) mass is 294 g/mol. The zero-order valence-electron chi connectivity index (χ0n) is 11.0. The molecule has 1 aliphatic rings. The second-order valence-electron chi connectivity index (χ2n) is 4.52. The van der Waals surface area contributed by atoms with Gasteiger partial charge in [-0.2, -0.15) is 13.2 Å². The number of carbonyl (C=O) groups is 1. The number of rotatable bonds is 7. The number of esters is 1. The van der Waals surface area contributed by atoms with E-state index in [4.69, 9.17) is 15.9 Å². The first-order valence-corrected chi connectivity index (χ1v) is 6.14. The Morgan fingerprint density at radius 1 is 1.40 bits per heavy atom. The first-order chi connectivity index (χ1) is 9.27. The zero-order chi connectivity index (χ0) is 15.4. The lowest BCUT2D eigenvalue weighted by atomic mass is 10.0. The van der Waals surface area contributed by atoms with Gasteiger partial charge in [0.15, 0.2) is 0 Å². The molecular formula is C12H17F3N2O3. The third-order valence-electron chi connectivity index (χ3n) is 3.20. The maximum atomic E-state index is 12.7. The molecule has 5 nitrogen and oxygen atoms in total. The lowest BCUT2D eigenvalue weighted by Crippen LogP contribution is -2.26. The molecule has 0 heterocycles. The summed E-state index contributed by atoms with van der Waals surface area (Å²) in [6, 6.07) is 0. The lowest BCUT2D eigenvalue weighted by molar-refractivity contribution is -0.191. The van der Waals surface area contributed by atoms with Gasteiger partial charge >= 0.3 is 12.1 Å². The molecule has 1 rings (SSSR count). The van der Waals surface area contributed by atoms with Crippen molar-refractivity contribution in [3.8, 4) is 0 Å². The van der Waals surface area contributed by atoms with Crippen molar-refractivity contribution < 1.29 is 27.4 Å². The van der Waals surface area contributed by atoms with E-state index in [-0.39, 0.29) is 38.0 Å². The fourth-order valence-electron chi connectivity index (χ4n) is 1.70. The third kappa shape index (κ3) is 3.64. The van der Waals surface area contributed by atoms with Crippen LogP contribution in [0.3, 0.4) is 0 Å². The summed E-state index contributed by atoms with van der Waals surface area (Å²) >= 11 is 0. The number of hydrogen-bond donors (Lipinski definition) is 2. The minimum absolute atomic E-state index is 0.0821. The Kier molecular flexibility index (Phi) is 5.02. The number of alkyl halides is 3. The van der Waals surface area contributed by atoms with Crippen molar-refractivity contribution in [1.29, 1.82) is 5.41 Å². The van der Waals surface area contributed by atoms with Gasteiger partial charge in [0.05, 0.1) is 18.6 Å². The summed E-state index contributed by atoms with van der Waals surface area (Å²) in [6.45, 7) is 1.42. The minimum Gasteiger partial charge on any atom is -0.479 e. The summed E-state index contributed by atoms with van der Waals surface area (Å²) in [5.41, 5.74) is 3.46. The fraction of sp³-hybridized carbons (Fsp3) is 0.667. The molecule has 0 bridgehead atoms. The lowest BCUT2D eigenvalue weighted by Gasteiger charge is -2.19. The maximum Gasteiger partial charge on any atom is 0.394 e. The highest BCUT2D eigenvalue weighted by Gasteiger charge is 2.62. The molecule has 1 aliphatic carbocycles. The molecule has 8 heteroatoms. The Morgan fingerprint density at radius 2 is 2.00 bits per heavy atom. The van der Waals surface area contributed by atoms with Crippen LogP contribution in [0, 0.1) is 10.8 Å². The number of hydrogen-bond acceptors (Lipinski definition) is 5. The average molecular weight is 294 g/mol. The van der Waals surface area contributed by atoms with Crippen molar-refractivity contribution in [2.45, 2.75) is 32.4 Å². The van der Waals surface area contributed by atoms with E-state index in [0.717, 1.165) is 0 Å². The largest absolute Gasteiger partial charge is 0.479 e. The van der Waals surface area contributed by atoms with Gasteiger partial charge in [-0.15, -0.1) is 0 Å². The molecule has 0 radical (unpaired) electrons. The van der Waals surface area contributed by atoms with Crippen LogP contribution in [0.4, 0.5) is 13.2 Å². The number of halogens is 3. The molecule has 114 valence electrons. The van der Waals surface area contributed by atoms with E-state index in [9.17, 15) is 18.0 Å². The van der Waals surface area contributed by atoms with Crippen LogP contribution in [0.2, 0.25) is 0 Å². The molecule has 0 unspecified atom stereocenters. The van der Waals surface area contributed by atoms with Crippen LogP contribution in [0.1, 0.15) is 26.2 Å². The molecule has 20 heavy (non-hydrogen) atoms. The Balaban J connectivity index is 2.56. The maximum absolute atomic E-state index is 12.7. The summed E-state index contributed by atoms with van der Waals surface area (Å²) in [6.07, 6.45) is -3.65. The summed E-state index contributed by atoms with van der Waals surface area (Å²) in [7, 11) is 0. The predicted octanol–water partition coefficient (Wildman–Crippen LogP) is 2.12. The molecule has 3 N–H and O–H groups in total. The van der Waals surface area contributed by atoms with Crippen LogP contribution in [-0.4, -0.2) is 31.6 Å². The van der Waals surface area contributed by atoms with Crippen molar-refractivity contribution in [1.82, 2.24) is 0 Å². The second kappa shape index (κ2) is 6.15. The van der Waals surface area contributed by atoms with Crippen LogP contribution in [0.25, 0.3) is 0 Å². The van der Waals surface area contributed by atoms with Gasteiger partial charge in [0.25, 0.3) is 0 Å². The Bertz CT molecular complexity index is 415. The average Bonchev–Trinajstić information content (AvgIpc) is 3.10. The predicted molar refractivity (Wildman–Crippen MR) is 64.9 cm³/mol. The SMILES string of the molecule is CCOC(=O)C(C=N)=C(N)OCCC1(C(F)(F)F)CC1. The normalized spacial score (nSPS) is 18.0. The van der Waals surface area contributed by atoms with Gasteiger partial charge in [-0.1, -0.05) is 0 Å². The van der Waals surface area contributed by atoms with E-state index in [1.165, 1.54) is 0 Å². The molecule has 0 spiro atoms. The topological polar surface area (TPSA) is 85.4 Å². The minimum atomic E-state index is -4.25. The van der Waals surface area contributed by atoms with Crippen LogP contribution < -0.4 is 5.73 Å². The highest BCUT2D eigenvalue weighted by atomic mass is 19.4. The zero-order valence-corrected chi connectivity index (χ0v) is 11.0. The van der Waals surface area contributed by atoms with Gasteiger partial charge in [0, 0.05) is 6.21 Å². The molecule has 1 saturated carbocycles. The molecule has 0 aliphatic heterocycles.